The van der Waals surface area contributed by atoms with E-state index in [0.29, 0.717) is 35.5 Å². The maximum Gasteiger partial charge on any atom is 0.311 e. The molecular weight excluding hydrogens is 382 g/mol. The highest BCUT2D eigenvalue weighted by atomic mass is 35.5. The summed E-state index contributed by atoms with van der Waals surface area (Å²) in [6.45, 7) is 2.20. The Kier molecular flexibility index (Phi) is 5.14. The fourth-order valence-corrected chi connectivity index (χ4v) is 4.93. The van der Waals surface area contributed by atoms with Crippen LogP contribution in [0, 0.1) is 17.8 Å². The highest BCUT2D eigenvalue weighted by molar-refractivity contribution is 6.28. The SMILES string of the molecule is CCOC(=O)C1C2CCC(CC2)C1Nc1nc(Cl)nn2c(C(=O)NC)ccc12. The Morgan fingerprint density at radius 3 is 2.64 bits per heavy atom. The van der Waals surface area contributed by atoms with Crippen LogP contribution in [0.5, 0.6) is 0 Å². The first-order chi connectivity index (χ1) is 13.5. The number of carbonyl (C=O) groups excluding carboxylic acids is 2. The summed E-state index contributed by atoms with van der Waals surface area (Å²) in [6.07, 6.45) is 4.27. The fourth-order valence-electron chi connectivity index (χ4n) is 4.77. The average Bonchev–Trinajstić information content (AvgIpc) is 3.12. The van der Waals surface area contributed by atoms with Crippen LogP contribution in [-0.2, 0) is 9.53 Å². The molecule has 0 saturated heterocycles. The lowest BCUT2D eigenvalue weighted by atomic mass is 9.61. The molecule has 2 aromatic heterocycles. The number of carbonyl (C=O) groups is 2. The van der Waals surface area contributed by atoms with E-state index in [0.717, 1.165) is 25.7 Å². The maximum absolute atomic E-state index is 12.7. The molecular formula is C19H24ClN5O3. The van der Waals surface area contributed by atoms with Crippen molar-refractivity contribution < 1.29 is 14.3 Å². The Morgan fingerprint density at radius 2 is 1.96 bits per heavy atom. The average molecular weight is 406 g/mol. The topological polar surface area (TPSA) is 97.6 Å². The lowest BCUT2D eigenvalue weighted by molar-refractivity contribution is -0.154. The number of hydrogen-bond acceptors (Lipinski definition) is 6. The first kappa shape index (κ1) is 19.0. The summed E-state index contributed by atoms with van der Waals surface area (Å²) in [7, 11) is 1.56. The molecule has 28 heavy (non-hydrogen) atoms. The largest absolute Gasteiger partial charge is 0.466 e. The Balaban J connectivity index is 1.71. The van der Waals surface area contributed by atoms with Crippen LogP contribution in [0.25, 0.3) is 5.52 Å². The number of nitrogens with one attached hydrogen (secondary N) is 2. The maximum atomic E-state index is 12.7. The number of nitrogens with zero attached hydrogens (tertiary/aromatic N) is 3. The van der Waals surface area contributed by atoms with Gasteiger partial charge in [0.2, 0.25) is 5.28 Å². The minimum atomic E-state index is -0.262. The number of anilines is 1. The molecule has 2 bridgehead atoms. The van der Waals surface area contributed by atoms with Crippen LogP contribution < -0.4 is 10.6 Å². The van der Waals surface area contributed by atoms with Gasteiger partial charge in [-0.3, -0.25) is 9.59 Å². The van der Waals surface area contributed by atoms with Crippen molar-refractivity contribution >= 4 is 34.8 Å². The lowest BCUT2D eigenvalue weighted by Gasteiger charge is -2.47. The second kappa shape index (κ2) is 7.58. The first-order valence-corrected chi connectivity index (χ1v) is 10.1. The van der Waals surface area contributed by atoms with Gasteiger partial charge < -0.3 is 15.4 Å². The number of aromatic nitrogens is 3. The van der Waals surface area contributed by atoms with E-state index in [1.54, 1.807) is 19.2 Å². The standard InChI is InChI=1S/C19H24ClN5O3/c1-3-28-18(27)14-10-4-6-11(7-5-10)15(14)22-16-12-8-9-13(17(26)21-2)25(12)24-19(20)23-16/h8-11,14-15H,3-7H2,1-2H3,(H,21,26)(H,22,23,24). The fraction of sp³-hybridized carbons (Fsp3) is 0.579. The number of fused-ring (bicyclic) bond motifs is 4. The zero-order chi connectivity index (χ0) is 19.8. The third-order valence-corrected chi connectivity index (χ3v) is 6.19. The minimum absolute atomic E-state index is 0.0324. The number of ether oxygens (including phenoxy) is 1. The molecule has 3 saturated carbocycles. The number of halogens is 1. The van der Waals surface area contributed by atoms with Crippen LogP contribution in [0.3, 0.4) is 0 Å². The molecule has 8 nitrogen and oxygen atoms in total. The van der Waals surface area contributed by atoms with E-state index >= 15 is 0 Å². The predicted octanol–water partition coefficient (Wildman–Crippen LogP) is 2.52. The van der Waals surface area contributed by atoms with E-state index < -0.39 is 0 Å². The molecule has 2 atom stereocenters. The van der Waals surface area contributed by atoms with Crippen LogP contribution in [0.1, 0.15) is 43.1 Å². The molecule has 2 heterocycles. The molecule has 0 aliphatic heterocycles. The van der Waals surface area contributed by atoms with Gasteiger partial charge in [0.25, 0.3) is 5.91 Å². The molecule has 3 fully saturated rings. The molecule has 0 spiro atoms. The number of rotatable bonds is 5. The Hall–Kier alpha value is -2.35. The molecule has 1 amide bonds. The van der Waals surface area contributed by atoms with Crippen molar-refractivity contribution in [2.24, 2.45) is 17.8 Å². The summed E-state index contributed by atoms with van der Waals surface area (Å²) in [6, 6.07) is 3.39. The van der Waals surface area contributed by atoms with Crippen LogP contribution in [-0.4, -0.2) is 46.2 Å². The van der Waals surface area contributed by atoms with Gasteiger partial charge >= 0.3 is 5.97 Å². The molecule has 2 unspecified atom stereocenters. The molecule has 3 aliphatic carbocycles. The van der Waals surface area contributed by atoms with Gasteiger partial charge in [-0.1, -0.05) is 0 Å². The third kappa shape index (κ3) is 3.19. The summed E-state index contributed by atoms with van der Waals surface area (Å²) < 4.78 is 6.85. The number of amides is 1. The van der Waals surface area contributed by atoms with Gasteiger partial charge in [0.05, 0.1) is 12.5 Å². The number of esters is 1. The van der Waals surface area contributed by atoms with Gasteiger partial charge in [0.1, 0.15) is 11.2 Å². The van der Waals surface area contributed by atoms with E-state index in [1.807, 2.05) is 6.92 Å². The summed E-state index contributed by atoms with van der Waals surface area (Å²) in [5.41, 5.74) is 1.02. The predicted molar refractivity (Wildman–Crippen MR) is 104 cm³/mol. The molecule has 9 heteroatoms. The third-order valence-electron chi connectivity index (χ3n) is 6.03. The quantitative estimate of drug-likeness (QED) is 0.742. The van der Waals surface area contributed by atoms with E-state index in [9.17, 15) is 9.59 Å². The van der Waals surface area contributed by atoms with Gasteiger partial charge in [-0.2, -0.15) is 4.98 Å². The Morgan fingerprint density at radius 1 is 1.25 bits per heavy atom. The second-order valence-corrected chi connectivity index (χ2v) is 7.79. The summed E-state index contributed by atoms with van der Waals surface area (Å²) in [4.78, 5) is 29.1. The smallest absolute Gasteiger partial charge is 0.311 e. The zero-order valence-corrected chi connectivity index (χ0v) is 16.7. The van der Waals surface area contributed by atoms with E-state index in [1.165, 1.54) is 4.52 Å². The van der Waals surface area contributed by atoms with Crippen LogP contribution >= 0.6 is 11.6 Å². The van der Waals surface area contributed by atoms with Crippen molar-refractivity contribution in [1.82, 2.24) is 19.9 Å². The summed E-state index contributed by atoms with van der Waals surface area (Å²) in [5, 5.41) is 10.3. The molecule has 5 rings (SSSR count). The normalized spacial score (nSPS) is 26.2. The van der Waals surface area contributed by atoms with Crippen molar-refractivity contribution in [3.05, 3.63) is 23.1 Å². The second-order valence-electron chi connectivity index (χ2n) is 7.45. The molecule has 3 aliphatic rings. The van der Waals surface area contributed by atoms with Gasteiger partial charge in [0.15, 0.2) is 5.82 Å². The minimum Gasteiger partial charge on any atom is -0.466 e. The Labute approximate surface area is 168 Å². The highest BCUT2D eigenvalue weighted by Crippen LogP contribution is 2.47. The van der Waals surface area contributed by atoms with Crippen LogP contribution in [0.15, 0.2) is 12.1 Å². The number of hydrogen-bond donors (Lipinski definition) is 2. The van der Waals surface area contributed by atoms with Crippen LogP contribution in [0.4, 0.5) is 5.82 Å². The van der Waals surface area contributed by atoms with Gasteiger partial charge in [0, 0.05) is 13.1 Å². The van der Waals surface area contributed by atoms with E-state index in [4.69, 9.17) is 16.3 Å². The molecule has 0 aromatic carbocycles. The van der Waals surface area contributed by atoms with Crippen molar-refractivity contribution in [2.75, 3.05) is 19.0 Å². The van der Waals surface area contributed by atoms with Gasteiger partial charge in [-0.05, 0) is 68.2 Å². The van der Waals surface area contributed by atoms with Gasteiger partial charge in [-0.15, -0.1) is 5.10 Å². The van der Waals surface area contributed by atoms with E-state index in [-0.39, 0.29) is 29.1 Å². The van der Waals surface area contributed by atoms with Gasteiger partial charge in [-0.25, -0.2) is 4.52 Å². The van der Waals surface area contributed by atoms with Crippen molar-refractivity contribution in [2.45, 2.75) is 38.6 Å². The Bertz CT molecular complexity index is 906. The van der Waals surface area contributed by atoms with E-state index in [2.05, 4.69) is 20.7 Å². The molecule has 0 radical (unpaired) electrons. The van der Waals surface area contributed by atoms with Crippen molar-refractivity contribution in [3.8, 4) is 0 Å². The van der Waals surface area contributed by atoms with Crippen LogP contribution in [0.2, 0.25) is 5.28 Å². The molecule has 2 N–H and O–H groups in total. The van der Waals surface area contributed by atoms with Crippen molar-refractivity contribution in [1.29, 1.82) is 0 Å². The zero-order valence-electron chi connectivity index (χ0n) is 15.9. The highest BCUT2D eigenvalue weighted by Gasteiger charge is 2.48. The molecule has 150 valence electrons. The monoisotopic (exact) mass is 405 g/mol. The van der Waals surface area contributed by atoms with Crippen molar-refractivity contribution in [3.63, 3.8) is 0 Å². The summed E-state index contributed by atoms with van der Waals surface area (Å²) >= 11 is 6.14. The lowest BCUT2D eigenvalue weighted by Crippen LogP contribution is -2.52. The first-order valence-electron chi connectivity index (χ1n) is 9.74. The summed E-state index contributed by atoms with van der Waals surface area (Å²) in [5.74, 6) is 0.620. The molecule has 2 aromatic rings.